The van der Waals surface area contributed by atoms with Crippen molar-refractivity contribution in [1.82, 2.24) is 9.55 Å². The molecular formula is C14H19N3S. The Hall–Kier alpha value is -1.16. The number of nitrogens with two attached hydrogens (primary N) is 1. The maximum absolute atomic E-state index is 6.08. The van der Waals surface area contributed by atoms with E-state index in [1.807, 2.05) is 0 Å². The van der Waals surface area contributed by atoms with Crippen molar-refractivity contribution in [2.75, 3.05) is 11.5 Å². The van der Waals surface area contributed by atoms with E-state index in [0.29, 0.717) is 11.2 Å². The Labute approximate surface area is 112 Å². The number of nitrogens with zero attached hydrogens (tertiary/aromatic N) is 2. The molecule has 0 bridgehead atoms. The molecule has 1 unspecified atom stereocenters. The molecule has 1 atom stereocenters. The summed E-state index contributed by atoms with van der Waals surface area (Å²) in [7, 11) is 0. The molecule has 2 aromatic rings. The third kappa shape index (κ3) is 2.09. The second-order valence-electron chi connectivity index (χ2n) is 5.01. The summed E-state index contributed by atoms with van der Waals surface area (Å²) in [6, 6.07) is 6.30. The van der Waals surface area contributed by atoms with Crippen molar-refractivity contribution in [1.29, 1.82) is 0 Å². The van der Waals surface area contributed by atoms with Crippen LogP contribution in [0.2, 0.25) is 0 Å². The second kappa shape index (κ2) is 4.84. The quantitative estimate of drug-likeness (QED) is 0.902. The van der Waals surface area contributed by atoms with Gasteiger partial charge in [0.25, 0.3) is 0 Å². The second-order valence-corrected chi connectivity index (χ2v) is 6.42. The van der Waals surface area contributed by atoms with E-state index in [2.05, 4.69) is 46.4 Å². The fourth-order valence-electron chi connectivity index (χ4n) is 2.65. The average molecular weight is 261 g/mol. The van der Waals surface area contributed by atoms with Gasteiger partial charge < -0.3 is 10.3 Å². The molecule has 3 rings (SSSR count). The number of para-hydroxylation sites is 1. The zero-order valence-corrected chi connectivity index (χ0v) is 11.5. The Bertz CT molecular complexity index is 555. The zero-order chi connectivity index (χ0) is 12.5. The summed E-state index contributed by atoms with van der Waals surface area (Å²) in [5, 5.41) is 0.693. The summed E-state index contributed by atoms with van der Waals surface area (Å²) in [5.41, 5.74) is 9.52. The number of thioether (sulfide) groups is 1. The molecule has 1 aromatic carbocycles. The van der Waals surface area contributed by atoms with Crippen LogP contribution < -0.4 is 5.73 Å². The van der Waals surface area contributed by atoms with E-state index < -0.39 is 0 Å². The third-order valence-electron chi connectivity index (χ3n) is 3.67. The van der Waals surface area contributed by atoms with Crippen molar-refractivity contribution in [2.24, 2.45) is 0 Å². The number of nitrogen functional groups attached to an aromatic ring is 1. The number of hydrogen-bond acceptors (Lipinski definition) is 3. The Morgan fingerprint density at radius 1 is 1.44 bits per heavy atom. The highest BCUT2D eigenvalue weighted by molar-refractivity contribution is 7.99. The van der Waals surface area contributed by atoms with Gasteiger partial charge in [0.15, 0.2) is 0 Å². The van der Waals surface area contributed by atoms with E-state index in [-0.39, 0.29) is 0 Å². The fourth-order valence-corrected chi connectivity index (χ4v) is 3.94. The molecule has 2 N–H and O–H groups in total. The van der Waals surface area contributed by atoms with Gasteiger partial charge in [0, 0.05) is 11.8 Å². The number of aryl methyl sites for hydroxylation is 1. The molecule has 1 aliphatic rings. The van der Waals surface area contributed by atoms with Crippen LogP contribution in [0, 0.1) is 6.92 Å². The molecule has 0 radical (unpaired) electrons. The summed E-state index contributed by atoms with van der Waals surface area (Å²) in [5.74, 6) is 1.95. The van der Waals surface area contributed by atoms with Gasteiger partial charge in [-0.05, 0) is 37.1 Å². The highest BCUT2D eigenvalue weighted by atomic mass is 32.2. The number of imidazole rings is 1. The smallest absolute Gasteiger partial charge is 0.201 e. The topological polar surface area (TPSA) is 43.8 Å². The number of rotatable bonds is 2. The van der Waals surface area contributed by atoms with Crippen molar-refractivity contribution in [3.05, 3.63) is 23.8 Å². The molecule has 2 heterocycles. The standard InChI is InChI=1S/C14H19N3S/c1-10-5-4-7-12-13(10)16-14(15)17(12)9-11-6-2-3-8-18-11/h4-5,7,11H,2-3,6,8-9H2,1H3,(H2,15,16). The minimum Gasteiger partial charge on any atom is -0.369 e. The molecule has 0 aliphatic carbocycles. The maximum atomic E-state index is 6.08. The molecule has 0 spiro atoms. The number of aromatic nitrogens is 2. The Balaban J connectivity index is 1.95. The molecule has 1 saturated heterocycles. The number of hydrogen-bond donors (Lipinski definition) is 1. The van der Waals surface area contributed by atoms with E-state index in [0.717, 1.165) is 12.1 Å². The van der Waals surface area contributed by atoms with Crippen molar-refractivity contribution in [3.63, 3.8) is 0 Å². The lowest BCUT2D eigenvalue weighted by atomic mass is 10.2. The molecular weight excluding hydrogens is 242 g/mol. The van der Waals surface area contributed by atoms with Gasteiger partial charge >= 0.3 is 0 Å². The molecule has 96 valence electrons. The Kier molecular flexibility index (Phi) is 3.20. The lowest BCUT2D eigenvalue weighted by Crippen LogP contribution is -2.18. The maximum Gasteiger partial charge on any atom is 0.201 e. The van der Waals surface area contributed by atoms with Crippen LogP contribution in [0.3, 0.4) is 0 Å². The molecule has 3 nitrogen and oxygen atoms in total. The SMILES string of the molecule is Cc1cccc2c1nc(N)n2CC1CCCCS1. The molecule has 1 fully saturated rings. The largest absolute Gasteiger partial charge is 0.369 e. The molecule has 18 heavy (non-hydrogen) atoms. The van der Waals surface area contributed by atoms with Crippen LogP contribution in [0.4, 0.5) is 5.95 Å². The van der Waals surface area contributed by atoms with Gasteiger partial charge in [0.1, 0.15) is 0 Å². The van der Waals surface area contributed by atoms with Gasteiger partial charge in [0.05, 0.1) is 11.0 Å². The first kappa shape index (κ1) is 11.9. The van der Waals surface area contributed by atoms with Crippen LogP contribution in [0.1, 0.15) is 24.8 Å². The molecule has 0 saturated carbocycles. The van der Waals surface area contributed by atoms with E-state index >= 15 is 0 Å². The predicted octanol–water partition coefficient (Wildman–Crippen LogP) is 3.21. The van der Waals surface area contributed by atoms with E-state index in [9.17, 15) is 0 Å². The lowest BCUT2D eigenvalue weighted by Gasteiger charge is -2.22. The van der Waals surface area contributed by atoms with Crippen LogP contribution in [0.25, 0.3) is 11.0 Å². The van der Waals surface area contributed by atoms with Gasteiger partial charge in [-0.3, -0.25) is 0 Å². The monoisotopic (exact) mass is 261 g/mol. The first-order valence-electron chi connectivity index (χ1n) is 6.58. The van der Waals surface area contributed by atoms with E-state index in [1.54, 1.807) is 0 Å². The Morgan fingerprint density at radius 3 is 3.11 bits per heavy atom. The third-order valence-corrected chi connectivity index (χ3v) is 5.05. The minimum absolute atomic E-state index is 0.658. The van der Waals surface area contributed by atoms with Gasteiger partial charge in [-0.15, -0.1) is 0 Å². The lowest BCUT2D eigenvalue weighted by molar-refractivity contribution is 0.595. The van der Waals surface area contributed by atoms with Gasteiger partial charge in [-0.1, -0.05) is 18.6 Å². The van der Waals surface area contributed by atoms with Crippen LogP contribution in [0.5, 0.6) is 0 Å². The van der Waals surface area contributed by atoms with Crippen molar-refractivity contribution < 1.29 is 0 Å². The highest BCUT2D eigenvalue weighted by Gasteiger charge is 2.17. The minimum atomic E-state index is 0.658. The number of fused-ring (bicyclic) bond motifs is 1. The van der Waals surface area contributed by atoms with Gasteiger partial charge in [0.2, 0.25) is 5.95 Å². The summed E-state index contributed by atoms with van der Waals surface area (Å²) in [4.78, 5) is 4.51. The van der Waals surface area contributed by atoms with E-state index in [1.165, 1.54) is 36.1 Å². The van der Waals surface area contributed by atoms with E-state index in [4.69, 9.17) is 5.73 Å². The normalized spacial score (nSPS) is 20.4. The summed E-state index contributed by atoms with van der Waals surface area (Å²) in [6.07, 6.45) is 4.01. The first-order valence-corrected chi connectivity index (χ1v) is 7.63. The molecule has 0 amide bonds. The van der Waals surface area contributed by atoms with Crippen molar-refractivity contribution >= 4 is 28.7 Å². The van der Waals surface area contributed by atoms with Crippen molar-refractivity contribution in [3.8, 4) is 0 Å². The molecule has 1 aliphatic heterocycles. The van der Waals surface area contributed by atoms with Gasteiger partial charge in [-0.2, -0.15) is 11.8 Å². The molecule has 1 aromatic heterocycles. The van der Waals surface area contributed by atoms with Crippen LogP contribution >= 0.6 is 11.8 Å². The first-order chi connectivity index (χ1) is 8.75. The van der Waals surface area contributed by atoms with Crippen molar-refractivity contribution in [2.45, 2.75) is 38.0 Å². The van der Waals surface area contributed by atoms with Crippen LogP contribution in [0.15, 0.2) is 18.2 Å². The highest BCUT2D eigenvalue weighted by Crippen LogP contribution is 2.29. The average Bonchev–Trinajstić information content (AvgIpc) is 2.70. The predicted molar refractivity (Wildman–Crippen MR) is 79.0 cm³/mol. The summed E-state index contributed by atoms with van der Waals surface area (Å²) >= 11 is 2.08. The molecule has 4 heteroatoms. The summed E-state index contributed by atoms with van der Waals surface area (Å²) in [6.45, 7) is 3.09. The van der Waals surface area contributed by atoms with Crippen LogP contribution in [-0.4, -0.2) is 20.6 Å². The number of anilines is 1. The fraction of sp³-hybridized carbons (Fsp3) is 0.500. The van der Waals surface area contributed by atoms with Gasteiger partial charge in [-0.25, -0.2) is 4.98 Å². The van der Waals surface area contributed by atoms with Crippen LogP contribution in [-0.2, 0) is 6.54 Å². The summed E-state index contributed by atoms with van der Waals surface area (Å²) < 4.78 is 2.19. The number of benzene rings is 1. The zero-order valence-electron chi connectivity index (χ0n) is 10.7. The Morgan fingerprint density at radius 2 is 2.33 bits per heavy atom.